The van der Waals surface area contributed by atoms with Gasteiger partial charge in [-0.05, 0) is 62.9 Å². The molecule has 2 nitrogen and oxygen atoms in total. The van der Waals surface area contributed by atoms with Gasteiger partial charge < -0.3 is 5.32 Å². The number of piperidine rings is 1. The van der Waals surface area contributed by atoms with Gasteiger partial charge in [-0.1, -0.05) is 23.8 Å². The summed E-state index contributed by atoms with van der Waals surface area (Å²) < 4.78 is 0. The summed E-state index contributed by atoms with van der Waals surface area (Å²) in [5, 5.41) is 3.54. The van der Waals surface area contributed by atoms with Crippen molar-refractivity contribution in [3.8, 4) is 0 Å². The zero-order valence-electron chi connectivity index (χ0n) is 12.0. The molecule has 0 aromatic heterocycles. The van der Waals surface area contributed by atoms with E-state index in [9.17, 15) is 0 Å². The first-order valence-corrected chi connectivity index (χ1v) is 7.21. The molecule has 0 bridgehead atoms. The molecule has 1 aromatic rings. The van der Waals surface area contributed by atoms with Gasteiger partial charge in [0.05, 0.1) is 0 Å². The fourth-order valence-electron chi connectivity index (χ4n) is 3.47. The lowest BCUT2D eigenvalue weighted by atomic mass is 9.88. The SMILES string of the molecule is Cc1ccc(C)c(CN2CCC3CNCC3C2)c1.Cl. The van der Waals surface area contributed by atoms with Gasteiger partial charge in [0, 0.05) is 13.1 Å². The lowest BCUT2D eigenvalue weighted by Crippen LogP contribution is -2.39. The van der Waals surface area contributed by atoms with Crippen molar-refractivity contribution in [2.45, 2.75) is 26.8 Å². The maximum absolute atomic E-state index is 3.54. The molecule has 0 radical (unpaired) electrons. The average Bonchev–Trinajstić information content (AvgIpc) is 2.81. The van der Waals surface area contributed by atoms with E-state index in [-0.39, 0.29) is 12.4 Å². The topological polar surface area (TPSA) is 15.3 Å². The first kappa shape index (κ1) is 14.8. The number of fused-ring (bicyclic) bond motifs is 1. The molecule has 2 aliphatic rings. The van der Waals surface area contributed by atoms with Gasteiger partial charge in [-0.15, -0.1) is 12.4 Å². The first-order valence-electron chi connectivity index (χ1n) is 7.21. The molecule has 2 heterocycles. The van der Waals surface area contributed by atoms with Crippen molar-refractivity contribution >= 4 is 12.4 Å². The molecular formula is C16H25ClN2. The lowest BCUT2D eigenvalue weighted by Gasteiger charge is -2.34. The fourth-order valence-corrected chi connectivity index (χ4v) is 3.47. The fraction of sp³-hybridized carbons (Fsp3) is 0.625. The Morgan fingerprint density at radius 2 is 2.00 bits per heavy atom. The van der Waals surface area contributed by atoms with Crippen molar-refractivity contribution in [1.82, 2.24) is 10.2 Å². The van der Waals surface area contributed by atoms with Crippen LogP contribution in [0.2, 0.25) is 0 Å². The minimum Gasteiger partial charge on any atom is -0.316 e. The van der Waals surface area contributed by atoms with E-state index < -0.39 is 0 Å². The standard InChI is InChI=1S/C16H24N2.ClH/c1-12-3-4-13(2)15(7-12)10-18-6-5-14-8-17-9-16(14)11-18;/h3-4,7,14,16-17H,5-6,8-11H2,1-2H3;1H. The van der Waals surface area contributed by atoms with E-state index in [0.29, 0.717) is 0 Å². The number of likely N-dealkylation sites (tertiary alicyclic amines) is 1. The summed E-state index contributed by atoms with van der Waals surface area (Å²) in [5.41, 5.74) is 4.33. The summed E-state index contributed by atoms with van der Waals surface area (Å²) in [7, 11) is 0. The monoisotopic (exact) mass is 280 g/mol. The smallest absolute Gasteiger partial charge is 0.0236 e. The molecule has 2 atom stereocenters. The molecule has 1 aromatic carbocycles. The number of nitrogens with one attached hydrogen (secondary N) is 1. The van der Waals surface area contributed by atoms with E-state index in [0.717, 1.165) is 18.4 Å². The molecule has 19 heavy (non-hydrogen) atoms. The third-order valence-corrected chi connectivity index (χ3v) is 4.69. The third kappa shape index (κ3) is 3.31. The average molecular weight is 281 g/mol. The van der Waals surface area contributed by atoms with Crippen LogP contribution in [0.15, 0.2) is 18.2 Å². The Kier molecular flexibility index (Phi) is 4.88. The molecule has 0 amide bonds. The summed E-state index contributed by atoms with van der Waals surface area (Å²) in [4.78, 5) is 2.65. The maximum atomic E-state index is 3.54. The van der Waals surface area contributed by atoms with Crippen LogP contribution in [-0.2, 0) is 6.54 Å². The third-order valence-electron chi connectivity index (χ3n) is 4.69. The summed E-state index contributed by atoms with van der Waals surface area (Å²) in [6, 6.07) is 6.83. The number of nitrogens with zero attached hydrogens (tertiary/aromatic N) is 1. The molecule has 0 spiro atoms. The van der Waals surface area contributed by atoms with Gasteiger partial charge in [0.25, 0.3) is 0 Å². The van der Waals surface area contributed by atoms with E-state index in [1.807, 2.05) is 0 Å². The molecule has 3 heteroatoms. The highest BCUT2D eigenvalue weighted by molar-refractivity contribution is 5.85. The van der Waals surface area contributed by atoms with Crippen LogP contribution in [0.4, 0.5) is 0 Å². The largest absolute Gasteiger partial charge is 0.316 e. The predicted molar refractivity (Wildman–Crippen MR) is 82.9 cm³/mol. The number of benzene rings is 1. The van der Waals surface area contributed by atoms with Crippen molar-refractivity contribution in [2.75, 3.05) is 26.2 Å². The second-order valence-corrected chi connectivity index (χ2v) is 6.13. The Bertz CT molecular complexity index is 433. The van der Waals surface area contributed by atoms with Gasteiger partial charge in [0.15, 0.2) is 0 Å². The lowest BCUT2D eigenvalue weighted by molar-refractivity contribution is 0.142. The Morgan fingerprint density at radius 1 is 1.21 bits per heavy atom. The van der Waals surface area contributed by atoms with Crippen LogP contribution in [0, 0.1) is 25.7 Å². The van der Waals surface area contributed by atoms with Crippen LogP contribution in [0.25, 0.3) is 0 Å². The highest BCUT2D eigenvalue weighted by atomic mass is 35.5. The maximum Gasteiger partial charge on any atom is 0.0236 e. The number of rotatable bonds is 2. The molecule has 2 aliphatic heterocycles. The van der Waals surface area contributed by atoms with Gasteiger partial charge in [0.2, 0.25) is 0 Å². The van der Waals surface area contributed by atoms with Crippen molar-refractivity contribution in [2.24, 2.45) is 11.8 Å². The summed E-state index contributed by atoms with van der Waals surface area (Å²) >= 11 is 0. The van der Waals surface area contributed by atoms with Crippen molar-refractivity contribution in [3.05, 3.63) is 34.9 Å². The van der Waals surface area contributed by atoms with Crippen molar-refractivity contribution in [3.63, 3.8) is 0 Å². The van der Waals surface area contributed by atoms with E-state index in [2.05, 4.69) is 42.3 Å². The molecule has 1 N–H and O–H groups in total. The second-order valence-electron chi connectivity index (χ2n) is 6.13. The zero-order chi connectivity index (χ0) is 12.5. The van der Waals surface area contributed by atoms with Gasteiger partial charge in [0.1, 0.15) is 0 Å². The number of halogens is 1. The van der Waals surface area contributed by atoms with Gasteiger partial charge in [-0.25, -0.2) is 0 Å². The van der Waals surface area contributed by atoms with Crippen LogP contribution in [0.5, 0.6) is 0 Å². The Labute approximate surface area is 123 Å². The summed E-state index contributed by atoms with van der Waals surface area (Å²) in [6.07, 6.45) is 1.38. The molecule has 0 aliphatic carbocycles. The second kappa shape index (κ2) is 6.25. The van der Waals surface area contributed by atoms with Gasteiger partial charge in [-0.3, -0.25) is 4.90 Å². The number of aryl methyl sites for hydroxylation is 2. The molecule has 3 rings (SSSR count). The normalized spacial score (nSPS) is 26.8. The molecule has 2 unspecified atom stereocenters. The molecule has 106 valence electrons. The van der Waals surface area contributed by atoms with Crippen molar-refractivity contribution < 1.29 is 0 Å². The van der Waals surface area contributed by atoms with E-state index in [4.69, 9.17) is 0 Å². The highest BCUT2D eigenvalue weighted by Gasteiger charge is 2.32. The van der Waals surface area contributed by atoms with E-state index in [1.54, 1.807) is 0 Å². The highest BCUT2D eigenvalue weighted by Crippen LogP contribution is 2.27. The van der Waals surface area contributed by atoms with E-state index >= 15 is 0 Å². The van der Waals surface area contributed by atoms with Gasteiger partial charge >= 0.3 is 0 Å². The molecule has 2 fully saturated rings. The van der Waals surface area contributed by atoms with Crippen LogP contribution in [0.1, 0.15) is 23.1 Å². The summed E-state index contributed by atoms with van der Waals surface area (Å²) in [6.45, 7) is 10.6. The molecule has 2 saturated heterocycles. The first-order chi connectivity index (χ1) is 8.72. The van der Waals surface area contributed by atoms with Crippen molar-refractivity contribution in [1.29, 1.82) is 0 Å². The van der Waals surface area contributed by atoms with Crippen LogP contribution < -0.4 is 5.32 Å². The summed E-state index contributed by atoms with van der Waals surface area (Å²) in [5.74, 6) is 1.84. The van der Waals surface area contributed by atoms with Crippen LogP contribution >= 0.6 is 12.4 Å². The van der Waals surface area contributed by atoms with E-state index in [1.165, 1.54) is 49.3 Å². The minimum absolute atomic E-state index is 0. The number of hydrogen-bond donors (Lipinski definition) is 1. The van der Waals surface area contributed by atoms with Crippen LogP contribution in [0.3, 0.4) is 0 Å². The number of hydrogen-bond acceptors (Lipinski definition) is 2. The minimum atomic E-state index is 0. The quantitative estimate of drug-likeness (QED) is 0.896. The molecular weight excluding hydrogens is 256 g/mol. The van der Waals surface area contributed by atoms with Gasteiger partial charge in [-0.2, -0.15) is 0 Å². The Morgan fingerprint density at radius 3 is 2.84 bits per heavy atom. The van der Waals surface area contributed by atoms with Crippen LogP contribution in [-0.4, -0.2) is 31.1 Å². The predicted octanol–water partition coefficient (Wildman–Crippen LogP) is 2.77. The zero-order valence-corrected chi connectivity index (χ0v) is 12.8. The Balaban J connectivity index is 0.00000133. The molecule has 0 saturated carbocycles. The Hall–Kier alpha value is -0.570.